The molecular weight excluding hydrogens is 234 g/mol. The minimum Gasteiger partial charge on any atom is -0.480 e. The number of likely N-dealkylation sites (tertiary alicyclic amines) is 1. The first-order valence-corrected chi connectivity index (χ1v) is 6.79. The smallest absolute Gasteiger partial charge is 0.329 e. The van der Waals surface area contributed by atoms with Crippen LogP contribution in [0.15, 0.2) is 0 Å². The first-order chi connectivity index (χ1) is 8.56. The summed E-state index contributed by atoms with van der Waals surface area (Å²) in [5, 5.41) is 18.6. The first-order valence-electron chi connectivity index (χ1n) is 6.79. The van der Waals surface area contributed by atoms with Crippen molar-refractivity contribution >= 4 is 5.97 Å². The van der Waals surface area contributed by atoms with Crippen LogP contribution in [0.2, 0.25) is 0 Å². The second-order valence-electron chi connectivity index (χ2n) is 5.06. The number of hydrogen-bond donors (Lipinski definition) is 2. The number of aliphatic carboxylic acids is 1. The van der Waals surface area contributed by atoms with E-state index >= 15 is 0 Å². The maximum absolute atomic E-state index is 10.3. The number of aliphatic hydroxyl groups is 1. The van der Waals surface area contributed by atoms with Gasteiger partial charge in [0.1, 0.15) is 6.61 Å². The molecule has 0 spiro atoms. The standard InChI is InChI=1S/C13H25NO4/c1-3-5-10(2)14-7-4-6-11(14)12(15)8-18-9-13(16)17/h10-12,15H,3-9H2,1-2H3,(H,16,17)/t10?,11-,12-/m0/s1. The molecule has 1 fully saturated rings. The molecule has 18 heavy (non-hydrogen) atoms. The summed E-state index contributed by atoms with van der Waals surface area (Å²) in [5.41, 5.74) is 0. The molecule has 3 atom stereocenters. The normalized spacial score (nSPS) is 24.1. The predicted octanol–water partition coefficient (Wildman–Crippen LogP) is 1.10. The summed E-state index contributed by atoms with van der Waals surface area (Å²) in [4.78, 5) is 12.7. The summed E-state index contributed by atoms with van der Waals surface area (Å²) in [7, 11) is 0. The number of hydrogen-bond acceptors (Lipinski definition) is 4. The van der Waals surface area contributed by atoms with Crippen molar-refractivity contribution in [3.63, 3.8) is 0 Å². The van der Waals surface area contributed by atoms with Crippen molar-refractivity contribution in [3.05, 3.63) is 0 Å². The summed E-state index contributed by atoms with van der Waals surface area (Å²) >= 11 is 0. The van der Waals surface area contributed by atoms with Crippen LogP contribution >= 0.6 is 0 Å². The molecule has 1 aliphatic rings. The second kappa shape index (κ2) is 7.71. The lowest BCUT2D eigenvalue weighted by Gasteiger charge is -2.33. The van der Waals surface area contributed by atoms with Crippen LogP contribution in [-0.4, -0.2) is 59.0 Å². The molecule has 106 valence electrons. The topological polar surface area (TPSA) is 70.0 Å². The molecule has 0 radical (unpaired) electrons. The third-order valence-electron chi connectivity index (χ3n) is 3.57. The Bertz CT molecular complexity index is 259. The quantitative estimate of drug-likeness (QED) is 0.683. The minimum absolute atomic E-state index is 0.103. The van der Waals surface area contributed by atoms with E-state index in [1.165, 1.54) is 0 Å². The molecular formula is C13H25NO4. The Balaban J connectivity index is 2.40. The van der Waals surface area contributed by atoms with Crippen molar-refractivity contribution in [2.75, 3.05) is 19.8 Å². The summed E-state index contributed by atoms with van der Waals surface area (Å²) in [6.07, 6.45) is 3.72. The molecule has 5 heteroatoms. The number of carboxylic acids is 1. The Labute approximate surface area is 109 Å². The van der Waals surface area contributed by atoms with E-state index in [-0.39, 0.29) is 19.3 Å². The fourth-order valence-electron chi connectivity index (χ4n) is 2.74. The highest BCUT2D eigenvalue weighted by molar-refractivity contribution is 5.67. The highest BCUT2D eigenvalue weighted by Crippen LogP contribution is 2.24. The van der Waals surface area contributed by atoms with Crippen molar-refractivity contribution in [1.82, 2.24) is 4.90 Å². The zero-order valence-corrected chi connectivity index (χ0v) is 11.3. The SMILES string of the molecule is CCCC(C)N1CCC[C@H]1[C@@H](O)COCC(=O)O. The fraction of sp³-hybridized carbons (Fsp3) is 0.923. The van der Waals surface area contributed by atoms with E-state index in [1.807, 2.05) is 0 Å². The van der Waals surface area contributed by atoms with Crippen molar-refractivity contribution < 1.29 is 19.7 Å². The highest BCUT2D eigenvalue weighted by Gasteiger charge is 2.33. The molecule has 5 nitrogen and oxygen atoms in total. The van der Waals surface area contributed by atoms with Crippen LogP contribution in [0.25, 0.3) is 0 Å². The van der Waals surface area contributed by atoms with E-state index in [0.29, 0.717) is 6.04 Å². The van der Waals surface area contributed by atoms with Gasteiger partial charge in [0, 0.05) is 12.1 Å². The molecule has 2 N–H and O–H groups in total. The van der Waals surface area contributed by atoms with Gasteiger partial charge in [-0.05, 0) is 32.7 Å². The third kappa shape index (κ3) is 4.55. The Hall–Kier alpha value is -0.650. The molecule has 0 bridgehead atoms. The maximum Gasteiger partial charge on any atom is 0.329 e. The molecule has 1 heterocycles. The van der Waals surface area contributed by atoms with Crippen LogP contribution in [0.3, 0.4) is 0 Å². The number of aliphatic hydroxyl groups excluding tert-OH is 1. The predicted molar refractivity (Wildman–Crippen MR) is 68.6 cm³/mol. The molecule has 0 aromatic rings. The van der Waals surface area contributed by atoms with Gasteiger partial charge in [-0.15, -0.1) is 0 Å². The van der Waals surface area contributed by atoms with E-state index in [4.69, 9.17) is 9.84 Å². The lowest BCUT2D eigenvalue weighted by molar-refractivity contribution is -0.143. The number of rotatable bonds is 8. The van der Waals surface area contributed by atoms with Crippen molar-refractivity contribution in [1.29, 1.82) is 0 Å². The largest absolute Gasteiger partial charge is 0.480 e. The number of carboxylic acid groups (broad SMARTS) is 1. The lowest BCUT2D eigenvalue weighted by atomic mass is 10.1. The second-order valence-corrected chi connectivity index (χ2v) is 5.06. The van der Waals surface area contributed by atoms with E-state index in [9.17, 15) is 9.90 Å². The molecule has 1 rings (SSSR count). The lowest BCUT2D eigenvalue weighted by Crippen LogP contribution is -2.45. The van der Waals surface area contributed by atoms with E-state index < -0.39 is 12.1 Å². The Kier molecular flexibility index (Phi) is 6.60. The number of nitrogens with zero attached hydrogens (tertiary/aromatic N) is 1. The Morgan fingerprint density at radius 2 is 2.28 bits per heavy atom. The van der Waals surface area contributed by atoms with Gasteiger partial charge in [0.05, 0.1) is 12.7 Å². The molecule has 0 aliphatic carbocycles. The van der Waals surface area contributed by atoms with Gasteiger partial charge in [-0.2, -0.15) is 0 Å². The molecule has 0 amide bonds. The molecule has 1 unspecified atom stereocenters. The number of ether oxygens (including phenoxy) is 1. The minimum atomic E-state index is -0.996. The van der Waals surface area contributed by atoms with Gasteiger partial charge in [-0.25, -0.2) is 4.79 Å². The van der Waals surface area contributed by atoms with Gasteiger partial charge in [0.2, 0.25) is 0 Å². The summed E-state index contributed by atoms with van der Waals surface area (Å²) in [6.45, 7) is 5.13. The van der Waals surface area contributed by atoms with E-state index in [0.717, 1.165) is 32.2 Å². The van der Waals surface area contributed by atoms with Crippen LogP contribution in [0.4, 0.5) is 0 Å². The fourth-order valence-corrected chi connectivity index (χ4v) is 2.74. The maximum atomic E-state index is 10.3. The zero-order chi connectivity index (χ0) is 13.5. The van der Waals surface area contributed by atoms with Gasteiger partial charge < -0.3 is 14.9 Å². The van der Waals surface area contributed by atoms with Crippen LogP contribution < -0.4 is 0 Å². The Morgan fingerprint density at radius 1 is 1.56 bits per heavy atom. The van der Waals surface area contributed by atoms with Crippen molar-refractivity contribution in [3.8, 4) is 0 Å². The van der Waals surface area contributed by atoms with Crippen molar-refractivity contribution in [2.45, 2.75) is 57.7 Å². The van der Waals surface area contributed by atoms with E-state index in [1.54, 1.807) is 0 Å². The summed E-state index contributed by atoms with van der Waals surface area (Å²) in [5.74, 6) is -0.996. The first kappa shape index (κ1) is 15.4. The molecule has 0 aromatic heterocycles. The highest BCUT2D eigenvalue weighted by atomic mass is 16.5. The third-order valence-corrected chi connectivity index (χ3v) is 3.57. The molecule has 1 saturated heterocycles. The van der Waals surface area contributed by atoms with Crippen LogP contribution in [0.5, 0.6) is 0 Å². The van der Waals surface area contributed by atoms with Crippen LogP contribution in [-0.2, 0) is 9.53 Å². The summed E-state index contributed by atoms with van der Waals surface area (Å²) in [6, 6.07) is 0.581. The molecule has 0 aromatic carbocycles. The zero-order valence-electron chi connectivity index (χ0n) is 11.3. The molecule has 1 aliphatic heterocycles. The van der Waals surface area contributed by atoms with Gasteiger partial charge in [-0.3, -0.25) is 4.90 Å². The van der Waals surface area contributed by atoms with Gasteiger partial charge in [0.25, 0.3) is 0 Å². The van der Waals surface area contributed by atoms with Crippen LogP contribution in [0, 0.1) is 0 Å². The van der Waals surface area contributed by atoms with Gasteiger partial charge in [-0.1, -0.05) is 13.3 Å². The monoisotopic (exact) mass is 259 g/mol. The number of carbonyl (C=O) groups is 1. The van der Waals surface area contributed by atoms with Gasteiger partial charge in [0.15, 0.2) is 0 Å². The van der Waals surface area contributed by atoms with Crippen LogP contribution in [0.1, 0.15) is 39.5 Å². The Morgan fingerprint density at radius 3 is 2.89 bits per heavy atom. The average Bonchev–Trinajstić information content (AvgIpc) is 2.77. The van der Waals surface area contributed by atoms with Gasteiger partial charge >= 0.3 is 5.97 Å². The van der Waals surface area contributed by atoms with Crippen molar-refractivity contribution in [2.24, 2.45) is 0 Å². The molecule has 0 saturated carbocycles. The summed E-state index contributed by atoms with van der Waals surface area (Å²) < 4.78 is 4.98. The van der Waals surface area contributed by atoms with E-state index in [2.05, 4.69) is 18.7 Å². The average molecular weight is 259 g/mol.